The molecular weight excluding hydrogens is 168 g/mol. The summed E-state index contributed by atoms with van der Waals surface area (Å²) in [5, 5.41) is 0. The van der Waals surface area contributed by atoms with Crippen LogP contribution < -0.4 is 0 Å². The predicted octanol–water partition coefficient (Wildman–Crippen LogP) is 3.68. The van der Waals surface area contributed by atoms with Gasteiger partial charge >= 0.3 is 0 Å². The van der Waals surface area contributed by atoms with Crippen LogP contribution >= 0.6 is 0 Å². The van der Waals surface area contributed by atoms with E-state index in [0.29, 0.717) is 0 Å². The van der Waals surface area contributed by atoms with Gasteiger partial charge in [0.2, 0.25) is 0 Å². The Labute approximate surface area is 86.0 Å². The van der Waals surface area contributed by atoms with Crippen LogP contribution in [0.15, 0.2) is 48.6 Å². The fraction of sp³-hybridized carbons (Fsp3) is 0.286. The molecule has 0 unspecified atom stereocenters. The van der Waals surface area contributed by atoms with E-state index in [9.17, 15) is 0 Å². The van der Waals surface area contributed by atoms with Crippen LogP contribution in [-0.2, 0) is 12.8 Å². The Morgan fingerprint density at radius 2 is 1.57 bits per heavy atom. The van der Waals surface area contributed by atoms with Crippen LogP contribution in [0.1, 0.15) is 24.0 Å². The summed E-state index contributed by atoms with van der Waals surface area (Å²) in [6.45, 7) is 0. The van der Waals surface area contributed by atoms with E-state index in [1.165, 1.54) is 24.0 Å². The lowest BCUT2D eigenvalue weighted by molar-refractivity contribution is 0.966. The molecule has 0 N–H and O–H groups in total. The average Bonchev–Trinajstić information content (AvgIpc) is 2.25. The molecule has 0 amide bonds. The van der Waals surface area contributed by atoms with E-state index < -0.39 is 0 Å². The Balaban J connectivity index is 2.24. The minimum atomic E-state index is 1.09. The topological polar surface area (TPSA) is 0 Å². The Bertz CT molecular complexity index is 345. The van der Waals surface area contributed by atoms with Gasteiger partial charge in [-0.05, 0) is 36.8 Å². The third-order valence-corrected chi connectivity index (χ3v) is 2.64. The summed E-state index contributed by atoms with van der Waals surface area (Å²) < 4.78 is 0. The number of fused-ring (bicyclic) bond motifs is 1. The molecule has 0 aliphatic heterocycles. The normalized spacial score (nSPS) is 20.9. The lowest BCUT2D eigenvalue weighted by Gasteiger charge is -2.06. The number of benzene rings is 1. The zero-order valence-corrected chi connectivity index (χ0v) is 8.45. The number of allylic oxidation sites excluding steroid dienone is 4. The number of aryl methyl sites for hydroxylation is 1. The van der Waals surface area contributed by atoms with Crippen molar-refractivity contribution in [2.45, 2.75) is 25.7 Å². The van der Waals surface area contributed by atoms with Crippen molar-refractivity contribution in [3.63, 3.8) is 0 Å². The molecule has 0 aromatic heterocycles. The standard InChI is InChI=1S/C14H16/c1-2-4-6-10-14-12-8-7-11-13(14)9-5-3-1/h1,3-4,6-8,11-12H,2,5,9-10H2/b3-1-,6-4-. The second-order valence-electron chi connectivity index (χ2n) is 3.69. The molecule has 0 bridgehead atoms. The minimum absolute atomic E-state index is 1.09. The first kappa shape index (κ1) is 9.26. The van der Waals surface area contributed by atoms with Crippen LogP contribution in [0.5, 0.6) is 0 Å². The molecule has 0 nitrogen and oxygen atoms in total. The van der Waals surface area contributed by atoms with Crippen LogP contribution in [0.4, 0.5) is 0 Å². The van der Waals surface area contributed by atoms with Crippen LogP contribution in [0.3, 0.4) is 0 Å². The molecule has 14 heavy (non-hydrogen) atoms. The highest BCUT2D eigenvalue weighted by Crippen LogP contribution is 2.13. The maximum Gasteiger partial charge on any atom is -0.00946 e. The van der Waals surface area contributed by atoms with Crippen molar-refractivity contribution in [2.75, 3.05) is 0 Å². The summed E-state index contributed by atoms with van der Waals surface area (Å²) in [7, 11) is 0. The van der Waals surface area contributed by atoms with Crippen LogP contribution in [0, 0.1) is 0 Å². The van der Waals surface area contributed by atoms with Crippen LogP contribution in [0.2, 0.25) is 0 Å². The number of hydrogen-bond acceptors (Lipinski definition) is 0. The maximum atomic E-state index is 2.28. The molecule has 0 radical (unpaired) electrons. The first-order valence-corrected chi connectivity index (χ1v) is 5.33. The van der Waals surface area contributed by atoms with Gasteiger partial charge in [-0.25, -0.2) is 0 Å². The van der Waals surface area contributed by atoms with Crippen LogP contribution in [-0.4, -0.2) is 0 Å². The SMILES string of the molecule is C1=C\CCc2ccccc2C/C=C\C/1. The van der Waals surface area contributed by atoms with Crippen molar-refractivity contribution >= 4 is 0 Å². The van der Waals surface area contributed by atoms with Gasteiger partial charge in [0.1, 0.15) is 0 Å². The molecular formula is C14H16. The molecule has 1 aliphatic rings. The van der Waals surface area contributed by atoms with Crippen molar-refractivity contribution in [1.82, 2.24) is 0 Å². The van der Waals surface area contributed by atoms with Gasteiger partial charge in [0.25, 0.3) is 0 Å². The monoisotopic (exact) mass is 184 g/mol. The first-order chi connectivity index (χ1) is 6.97. The molecule has 0 heterocycles. The van der Waals surface area contributed by atoms with E-state index in [4.69, 9.17) is 0 Å². The van der Waals surface area contributed by atoms with E-state index >= 15 is 0 Å². The lowest BCUT2D eigenvalue weighted by Crippen LogP contribution is -1.92. The zero-order chi connectivity index (χ0) is 9.64. The predicted molar refractivity (Wildman–Crippen MR) is 61.4 cm³/mol. The van der Waals surface area contributed by atoms with E-state index in [1.807, 2.05) is 0 Å². The Morgan fingerprint density at radius 3 is 2.50 bits per heavy atom. The second-order valence-corrected chi connectivity index (χ2v) is 3.69. The van der Waals surface area contributed by atoms with Crippen molar-refractivity contribution in [3.8, 4) is 0 Å². The van der Waals surface area contributed by atoms with Crippen molar-refractivity contribution in [3.05, 3.63) is 59.7 Å². The lowest BCUT2D eigenvalue weighted by atomic mass is 9.99. The van der Waals surface area contributed by atoms with Gasteiger partial charge in [-0.2, -0.15) is 0 Å². The highest BCUT2D eigenvalue weighted by atomic mass is 14.0. The molecule has 1 aromatic rings. The summed E-state index contributed by atoms with van der Waals surface area (Å²) >= 11 is 0. The first-order valence-electron chi connectivity index (χ1n) is 5.33. The highest BCUT2D eigenvalue weighted by Gasteiger charge is 1.99. The molecule has 2 rings (SSSR count). The molecule has 0 saturated heterocycles. The Kier molecular flexibility index (Phi) is 3.18. The van der Waals surface area contributed by atoms with Gasteiger partial charge < -0.3 is 0 Å². The van der Waals surface area contributed by atoms with Gasteiger partial charge in [0, 0.05) is 0 Å². The molecule has 1 aliphatic carbocycles. The Hall–Kier alpha value is -1.30. The summed E-state index contributed by atoms with van der Waals surface area (Å²) in [6, 6.07) is 8.76. The van der Waals surface area contributed by atoms with Crippen molar-refractivity contribution < 1.29 is 0 Å². The maximum absolute atomic E-state index is 2.28. The Morgan fingerprint density at radius 1 is 0.786 bits per heavy atom. The molecule has 1 aromatic carbocycles. The van der Waals surface area contributed by atoms with Crippen molar-refractivity contribution in [1.29, 1.82) is 0 Å². The van der Waals surface area contributed by atoms with E-state index in [1.54, 1.807) is 0 Å². The quantitative estimate of drug-likeness (QED) is 0.539. The highest BCUT2D eigenvalue weighted by molar-refractivity contribution is 5.29. The van der Waals surface area contributed by atoms with E-state index in [-0.39, 0.29) is 0 Å². The fourth-order valence-electron chi connectivity index (χ4n) is 1.84. The average molecular weight is 184 g/mol. The molecule has 72 valence electrons. The van der Waals surface area contributed by atoms with Crippen molar-refractivity contribution in [2.24, 2.45) is 0 Å². The van der Waals surface area contributed by atoms with E-state index in [2.05, 4.69) is 48.6 Å². The number of hydrogen-bond donors (Lipinski definition) is 0. The van der Waals surface area contributed by atoms with Gasteiger partial charge in [-0.15, -0.1) is 0 Å². The van der Waals surface area contributed by atoms with Crippen LogP contribution in [0.25, 0.3) is 0 Å². The van der Waals surface area contributed by atoms with Gasteiger partial charge in [-0.1, -0.05) is 48.6 Å². The molecule has 0 fully saturated rings. The molecule has 0 saturated carbocycles. The molecule has 0 heteroatoms. The third-order valence-electron chi connectivity index (χ3n) is 2.64. The van der Waals surface area contributed by atoms with Gasteiger partial charge in [0.05, 0.1) is 0 Å². The van der Waals surface area contributed by atoms with E-state index in [0.717, 1.165) is 12.8 Å². The number of rotatable bonds is 0. The largest absolute Gasteiger partial charge is 0.0879 e. The second kappa shape index (κ2) is 4.80. The molecule has 0 atom stereocenters. The summed E-state index contributed by atoms with van der Waals surface area (Å²) in [4.78, 5) is 0. The summed E-state index contributed by atoms with van der Waals surface area (Å²) in [5.41, 5.74) is 2.99. The summed E-state index contributed by atoms with van der Waals surface area (Å²) in [5.74, 6) is 0. The smallest absolute Gasteiger partial charge is 0.00946 e. The third kappa shape index (κ3) is 2.35. The van der Waals surface area contributed by atoms with Gasteiger partial charge in [-0.3, -0.25) is 0 Å². The zero-order valence-electron chi connectivity index (χ0n) is 8.45. The van der Waals surface area contributed by atoms with Gasteiger partial charge in [0.15, 0.2) is 0 Å². The summed E-state index contributed by atoms with van der Waals surface area (Å²) in [6.07, 6.45) is 13.6. The molecule has 0 spiro atoms. The fourth-order valence-corrected chi connectivity index (χ4v) is 1.84. The minimum Gasteiger partial charge on any atom is -0.0879 e.